The van der Waals surface area contributed by atoms with Gasteiger partial charge in [0.25, 0.3) is 0 Å². The van der Waals surface area contributed by atoms with Crippen LogP contribution in [-0.4, -0.2) is 37.2 Å². The van der Waals surface area contributed by atoms with Crippen LogP contribution in [0.1, 0.15) is 265 Å². The predicted octanol–water partition coefficient (Wildman–Crippen LogP) is 17.6. The Kier molecular flexibility index (Phi) is 49.4. The number of unbranched alkanes of at least 4 members (excludes halogenated alkanes) is 28. The van der Waals surface area contributed by atoms with Gasteiger partial charge in [0.2, 0.25) is 0 Å². The van der Waals surface area contributed by atoms with E-state index in [1.54, 1.807) is 0 Å². The van der Waals surface area contributed by atoms with E-state index in [1.165, 1.54) is 122 Å². The topological polar surface area (TPSA) is 78.9 Å². The van der Waals surface area contributed by atoms with E-state index in [2.05, 4.69) is 81.5 Å². The minimum Gasteiger partial charge on any atom is -0.462 e. The molecule has 0 aliphatic rings. The number of allylic oxidation sites excluding steroid dienone is 10. The minimum atomic E-state index is -0.787. The molecule has 6 heteroatoms. The lowest BCUT2D eigenvalue weighted by molar-refractivity contribution is -0.167. The largest absolute Gasteiger partial charge is 0.462 e. The fourth-order valence-corrected chi connectivity index (χ4v) is 7.51. The van der Waals surface area contributed by atoms with E-state index >= 15 is 0 Å². The van der Waals surface area contributed by atoms with E-state index in [4.69, 9.17) is 14.2 Å². The van der Waals surface area contributed by atoms with Gasteiger partial charge in [-0.1, -0.05) is 229 Å². The molecular formula is C57H100O6. The van der Waals surface area contributed by atoms with Gasteiger partial charge in [-0.05, 0) is 77.0 Å². The molecule has 0 aliphatic carbocycles. The number of ether oxygens (including phenoxy) is 3. The van der Waals surface area contributed by atoms with E-state index in [0.717, 1.165) is 103 Å². The van der Waals surface area contributed by atoms with Crippen molar-refractivity contribution < 1.29 is 28.6 Å². The van der Waals surface area contributed by atoms with Gasteiger partial charge in [0, 0.05) is 19.3 Å². The smallest absolute Gasteiger partial charge is 0.306 e. The van der Waals surface area contributed by atoms with Crippen molar-refractivity contribution >= 4 is 17.9 Å². The van der Waals surface area contributed by atoms with Crippen LogP contribution >= 0.6 is 0 Å². The number of carbonyl (C=O) groups is 3. The Labute approximate surface area is 390 Å². The van der Waals surface area contributed by atoms with Gasteiger partial charge >= 0.3 is 17.9 Å². The summed E-state index contributed by atoms with van der Waals surface area (Å²) in [5.41, 5.74) is 0. The molecule has 6 nitrogen and oxygen atoms in total. The van der Waals surface area contributed by atoms with Crippen molar-refractivity contribution in [3.05, 3.63) is 60.8 Å². The molecule has 0 fully saturated rings. The van der Waals surface area contributed by atoms with Gasteiger partial charge in [-0.25, -0.2) is 0 Å². The molecule has 0 aromatic carbocycles. The highest BCUT2D eigenvalue weighted by Crippen LogP contribution is 2.15. The van der Waals surface area contributed by atoms with Crippen molar-refractivity contribution in [3.8, 4) is 0 Å². The molecular weight excluding hydrogens is 781 g/mol. The summed E-state index contributed by atoms with van der Waals surface area (Å²) < 4.78 is 16.8. The van der Waals surface area contributed by atoms with E-state index in [0.29, 0.717) is 19.3 Å². The molecule has 0 N–H and O–H groups in total. The Morgan fingerprint density at radius 2 is 0.667 bits per heavy atom. The third-order valence-corrected chi connectivity index (χ3v) is 11.5. The van der Waals surface area contributed by atoms with E-state index in [1.807, 2.05) is 0 Å². The maximum atomic E-state index is 12.8. The van der Waals surface area contributed by atoms with Crippen molar-refractivity contribution in [2.75, 3.05) is 13.2 Å². The molecule has 364 valence electrons. The van der Waals surface area contributed by atoms with Gasteiger partial charge < -0.3 is 14.2 Å². The first kappa shape index (κ1) is 60.1. The zero-order valence-corrected chi connectivity index (χ0v) is 41.6. The Hall–Kier alpha value is -2.89. The van der Waals surface area contributed by atoms with Gasteiger partial charge in [0.05, 0.1) is 0 Å². The molecule has 0 aromatic heterocycles. The second kappa shape index (κ2) is 51.7. The summed E-state index contributed by atoms with van der Waals surface area (Å²) in [7, 11) is 0. The summed E-state index contributed by atoms with van der Waals surface area (Å²) >= 11 is 0. The molecule has 0 heterocycles. The fraction of sp³-hybridized carbons (Fsp3) is 0.772. The molecule has 0 rings (SSSR count). The first-order valence-electron chi connectivity index (χ1n) is 26.8. The van der Waals surface area contributed by atoms with Crippen molar-refractivity contribution in [2.45, 2.75) is 271 Å². The van der Waals surface area contributed by atoms with Crippen LogP contribution in [-0.2, 0) is 28.6 Å². The SMILES string of the molecule is CC/C=C\C/C=C\C/C=C\CCCCCCC(=O)OCC(COC(=O)CCCCCCCCCCCCCCCCCC)OC(=O)CCCCCCCC/C=C\C=C/CCCCC. The number of hydrogen-bond donors (Lipinski definition) is 0. The molecule has 0 aliphatic heterocycles. The summed E-state index contributed by atoms with van der Waals surface area (Å²) in [6.45, 7) is 6.48. The third-order valence-electron chi connectivity index (χ3n) is 11.5. The zero-order valence-electron chi connectivity index (χ0n) is 41.6. The van der Waals surface area contributed by atoms with Crippen LogP contribution in [0.15, 0.2) is 60.8 Å². The minimum absolute atomic E-state index is 0.0843. The van der Waals surface area contributed by atoms with Gasteiger partial charge in [0.15, 0.2) is 6.10 Å². The molecule has 0 radical (unpaired) electrons. The predicted molar refractivity (Wildman–Crippen MR) is 270 cm³/mol. The monoisotopic (exact) mass is 881 g/mol. The molecule has 0 amide bonds. The Balaban J connectivity index is 4.41. The molecule has 0 saturated carbocycles. The number of esters is 3. The summed E-state index contributed by atoms with van der Waals surface area (Å²) in [4.78, 5) is 38.0. The molecule has 1 atom stereocenters. The fourth-order valence-electron chi connectivity index (χ4n) is 7.51. The molecule has 0 bridgehead atoms. The third kappa shape index (κ3) is 50.0. The van der Waals surface area contributed by atoms with E-state index in [-0.39, 0.29) is 31.1 Å². The molecule has 0 saturated heterocycles. The quantitative estimate of drug-likeness (QED) is 0.0199. The first-order valence-corrected chi connectivity index (χ1v) is 26.8. The maximum Gasteiger partial charge on any atom is 0.306 e. The van der Waals surface area contributed by atoms with Crippen molar-refractivity contribution in [3.63, 3.8) is 0 Å². The number of rotatable bonds is 48. The number of carbonyl (C=O) groups excluding carboxylic acids is 3. The van der Waals surface area contributed by atoms with Crippen LogP contribution in [0.3, 0.4) is 0 Å². The molecule has 0 spiro atoms. The molecule has 63 heavy (non-hydrogen) atoms. The van der Waals surface area contributed by atoms with Gasteiger partial charge in [-0.3, -0.25) is 14.4 Å². The number of hydrogen-bond acceptors (Lipinski definition) is 6. The van der Waals surface area contributed by atoms with Gasteiger partial charge in [-0.15, -0.1) is 0 Å². The van der Waals surface area contributed by atoms with Gasteiger partial charge in [-0.2, -0.15) is 0 Å². The van der Waals surface area contributed by atoms with Crippen molar-refractivity contribution in [1.29, 1.82) is 0 Å². The first-order chi connectivity index (χ1) is 31.0. The lowest BCUT2D eigenvalue weighted by Gasteiger charge is -2.18. The van der Waals surface area contributed by atoms with Crippen LogP contribution < -0.4 is 0 Å². The van der Waals surface area contributed by atoms with Crippen LogP contribution in [0, 0.1) is 0 Å². The summed E-state index contributed by atoms with van der Waals surface area (Å²) in [5.74, 6) is -0.911. The average molecular weight is 881 g/mol. The highest BCUT2D eigenvalue weighted by atomic mass is 16.6. The summed E-state index contributed by atoms with van der Waals surface area (Å²) in [6, 6.07) is 0. The Morgan fingerprint density at radius 3 is 1.10 bits per heavy atom. The highest BCUT2D eigenvalue weighted by Gasteiger charge is 2.19. The van der Waals surface area contributed by atoms with E-state index in [9.17, 15) is 14.4 Å². The lowest BCUT2D eigenvalue weighted by Crippen LogP contribution is -2.30. The average Bonchev–Trinajstić information content (AvgIpc) is 3.28. The zero-order chi connectivity index (χ0) is 45.8. The van der Waals surface area contributed by atoms with Crippen LogP contribution in [0.5, 0.6) is 0 Å². The van der Waals surface area contributed by atoms with Crippen molar-refractivity contribution in [2.24, 2.45) is 0 Å². The molecule has 1 unspecified atom stereocenters. The highest BCUT2D eigenvalue weighted by molar-refractivity contribution is 5.71. The lowest BCUT2D eigenvalue weighted by atomic mass is 10.0. The second-order valence-corrected chi connectivity index (χ2v) is 17.8. The standard InChI is InChI=1S/C57H100O6/c1-4-7-10-13-16-19-22-25-28-30-32-35-38-41-44-47-50-56(59)62-53-54(52-61-55(58)49-46-43-40-37-34-31-27-24-21-18-15-12-9-6-3)63-57(60)51-48-45-42-39-36-33-29-26-23-20-17-14-11-8-5-2/h9,12,17-18,20-21,23,26-27,31,54H,4-8,10-11,13-16,19,22,24-25,28-30,32-53H2,1-3H3/b12-9-,20-17-,21-18-,26-23-,31-27-. The van der Waals surface area contributed by atoms with Crippen molar-refractivity contribution in [1.82, 2.24) is 0 Å². The Morgan fingerprint density at radius 1 is 0.349 bits per heavy atom. The van der Waals surface area contributed by atoms with Crippen LogP contribution in [0.2, 0.25) is 0 Å². The Bertz CT molecular complexity index is 1150. The summed E-state index contributed by atoms with van der Waals surface area (Å²) in [6.07, 6.45) is 63.4. The normalized spacial score (nSPS) is 12.5. The van der Waals surface area contributed by atoms with Crippen LogP contribution in [0.4, 0.5) is 0 Å². The van der Waals surface area contributed by atoms with Crippen LogP contribution in [0.25, 0.3) is 0 Å². The summed E-state index contributed by atoms with van der Waals surface area (Å²) in [5, 5.41) is 0. The van der Waals surface area contributed by atoms with Gasteiger partial charge in [0.1, 0.15) is 13.2 Å². The van der Waals surface area contributed by atoms with E-state index < -0.39 is 6.10 Å². The molecule has 0 aromatic rings. The second-order valence-electron chi connectivity index (χ2n) is 17.8. The maximum absolute atomic E-state index is 12.8.